The zero-order chi connectivity index (χ0) is 16.0. The van der Waals surface area contributed by atoms with E-state index in [1.807, 2.05) is 13.2 Å². The minimum absolute atomic E-state index is 0.100. The van der Waals surface area contributed by atoms with Gasteiger partial charge in [0.1, 0.15) is 4.90 Å². The Kier molecular flexibility index (Phi) is 7.05. The fraction of sp³-hybridized carbons (Fsp3) is 0.538. The van der Waals surface area contributed by atoms with E-state index in [0.29, 0.717) is 5.56 Å². The summed E-state index contributed by atoms with van der Waals surface area (Å²) in [5.41, 5.74) is 0.369. The summed E-state index contributed by atoms with van der Waals surface area (Å²) in [6.45, 7) is 2.32. The number of rotatable bonds is 8. The fourth-order valence-electron chi connectivity index (χ4n) is 1.79. The van der Waals surface area contributed by atoms with Crippen LogP contribution in [0.2, 0.25) is 0 Å². The van der Waals surface area contributed by atoms with Gasteiger partial charge in [0.05, 0.1) is 0 Å². The summed E-state index contributed by atoms with van der Waals surface area (Å²) in [6.07, 6.45) is 1.92. The Hall–Kier alpha value is -0.700. The number of thioether (sulfide) groups is 1. The molecule has 0 spiro atoms. The highest BCUT2D eigenvalue weighted by Gasteiger charge is 2.23. The van der Waals surface area contributed by atoms with Crippen LogP contribution in [0.1, 0.15) is 12.5 Å². The first-order valence-electron chi connectivity index (χ1n) is 6.43. The minimum Gasteiger partial charge on any atom is -0.316 e. The Morgan fingerprint density at radius 3 is 2.57 bits per heavy atom. The molecule has 120 valence electrons. The summed E-state index contributed by atoms with van der Waals surface area (Å²) in [5, 5.41) is 2.77. The molecule has 1 rings (SSSR count). The highest BCUT2D eigenvalue weighted by atomic mass is 32.2. The van der Waals surface area contributed by atoms with Crippen molar-refractivity contribution < 1.29 is 17.2 Å². The van der Waals surface area contributed by atoms with Gasteiger partial charge in [-0.3, -0.25) is 0 Å². The SMILES string of the molecule is CNCc1cc(F)c(F)c(S(=O)(=O)NCC(C)CSC)c1. The van der Waals surface area contributed by atoms with Gasteiger partial charge in [-0.15, -0.1) is 0 Å². The summed E-state index contributed by atoms with van der Waals surface area (Å²) in [7, 11) is -2.43. The first-order valence-corrected chi connectivity index (χ1v) is 9.30. The van der Waals surface area contributed by atoms with Crippen molar-refractivity contribution in [2.24, 2.45) is 5.92 Å². The number of hydrogen-bond acceptors (Lipinski definition) is 4. The van der Waals surface area contributed by atoms with Crippen LogP contribution in [0.3, 0.4) is 0 Å². The minimum atomic E-state index is -4.07. The predicted molar refractivity (Wildman–Crippen MR) is 81.9 cm³/mol. The van der Waals surface area contributed by atoms with E-state index in [4.69, 9.17) is 0 Å². The van der Waals surface area contributed by atoms with E-state index < -0.39 is 26.6 Å². The highest BCUT2D eigenvalue weighted by Crippen LogP contribution is 2.20. The molecule has 4 nitrogen and oxygen atoms in total. The first-order chi connectivity index (χ1) is 9.81. The Morgan fingerprint density at radius 2 is 2.00 bits per heavy atom. The van der Waals surface area contributed by atoms with Crippen LogP contribution >= 0.6 is 11.8 Å². The molecule has 0 aromatic heterocycles. The van der Waals surface area contributed by atoms with Crippen molar-refractivity contribution in [1.82, 2.24) is 10.0 Å². The number of nitrogens with one attached hydrogen (secondary N) is 2. The van der Waals surface area contributed by atoms with Crippen LogP contribution in [0, 0.1) is 17.6 Å². The summed E-state index contributed by atoms with van der Waals surface area (Å²) < 4.78 is 53.9. The van der Waals surface area contributed by atoms with Crippen molar-refractivity contribution in [3.05, 3.63) is 29.3 Å². The summed E-state index contributed by atoms with van der Waals surface area (Å²) >= 11 is 1.59. The number of halogens is 2. The van der Waals surface area contributed by atoms with E-state index in [2.05, 4.69) is 10.0 Å². The second-order valence-electron chi connectivity index (χ2n) is 4.83. The molecule has 0 amide bonds. The van der Waals surface area contributed by atoms with Gasteiger partial charge >= 0.3 is 0 Å². The summed E-state index contributed by atoms with van der Waals surface area (Å²) in [4.78, 5) is -0.649. The molecular formula is C13H20F2N2O2S2. The molecule has 0 aliphatic heterocycles. The fourth-order valence-corrected chi connectivity index (χ4v) is 3.78. The molecule has 0 fully saturated rings. The topological polar surface area (TPSA) is 58.2 Å². The smallest absolute Gasteiger partial charge is 0.243 e. The molecule has 0 saturated carbocycles. The lowest BCUT2D eigenvalue weighted by atomic mass is 10.2. The van der Waals surface area contributed by atoms with E-state index in [9.17, 15) is 17.2 Å². The standard InChI is InChI=1S/C13H20F2N2O2S2/c1-9(8-20-3)6-17-21(18,19)12-5-10(7-16-2)4-11(14)13(12)15/h4-5,9,16-17H,6-8H2,1-3H3. The van der Waals surface area contributed by atoms with Crippen LogP contribution in [0.25, 0.3) is 0 Å². The molecule has 0 heterocycles. The van der Waals surface area contributed by atoms with Crippen molar-refractivity contribution in [1.29, 1.82) is 0 Å². The van der Waals surface area contributed by atoms with Crippen LogP contribution in [-0.4, -0.2) is 34.0 Å². The Bertz CT molecular complexity index is 580. The molecule has 8 heteroatoms. The van der Waals surface area contributed by atoms with Gasteiger partial charge in [-0.05, 0) is 42.7 Å². The molecule has 1 aromatic carbocycles. The third-order valence-electron chi connectivity index (χ3n) is 2.80. The molecule has 1 unspecified atom stereocenters. The average molecular weight is 338 g/mol. The third kappa shape index (κ3) is 5.21. The van der Waals surface area contributed by atoms with Crippen molar-refractivity contribution in [2.45, 2.75) is 18.4 Å². The maximum atomic E-state index is 13.8. The molecular weight excluding hydrogens is 318 g/mol. The van der Waals surface area contributed by atoms with E-state index in [-0.39, 0.29) is 19.0 Å². The van der Waals surface area contributed by atoms with Gasteiger partial charge in [-0.25, -0.2) is 21.9 Å². The Labute approximate surface area is 128 Å². The van der Waals surface area contributed by atoms with Gasteiger partial charge < -0.3 is 5.32 Å². The third-order valence-corrected chi connectivity index (χ3v) is 5.12. The largest absolute Gasteiger partial charge is 0.316 e. The zero-order valence-electron chi connectivity index (χ0n) is 12.2. The van der Waals surface area contributed by atoms with Gasteiger partial charge in [0.15, 0.2) is 11.6 Å². The molecule has 21 heavy (non-hydrogen) atoms. The lowest BCUT2D eigenvalue weighted by molar-refractivity contribution is 0.479. The van der Waals surface area contributed by atoms with Gasteiger partial charge in [0.25, 0.3) is 0 Å². The van der Waals surface area contributed by atoms with Gasteiger partial charge in [0, 0.05) is 13.1 Å². The van der Waals surface area contributed by atoms with Crippen LogP contribution < -0.4 is 10.0 Å². The lowest BCUT2D eigenvalue weighted by Gasteiger charge is -2.13. The Morgan fingerprint density at radius 1 is 1.33 bits per heavy atom. The summed E-state index contributed by atoms with van der Waals surface area (Å²) in [5.74, 6) is -1.64. The van der Waals surface area contributed by atoms with Crippen LogP contribution in [0.15, 0.2) is 17.0 Å². The number of hydrogen-bond donors (Lipinski definition) is 2. The molecule has 0 bridgehead atoms. The molecule has 2 N–H and O–H groups in total. The van der Waals surface area contributed by atoms with Crippen molar-refractivity contribution in [3.8, 4) is 0 Å². The van der Waals surface area contributed by atoms with Gasteiger partial charge in [-0.2, -0.15) is 11.8 Å². The van der Waals surface area contributed by atoms with Crippen LogP contribution in [0.5, 0.6) is 0 Å². The zero-order valence-corrected chi connectivity index (χ0v) is 13.9. The number of sulfonamides is 1. The number of benzene rings is 1. The van der Waals surface area contributed by atoms with E-state index in [0.717, 1.165) is 17.9 Å². The summed E-state index contributed by atoms with van der Waals surface area (Å²) in [6, 6.07) is 2.14. The van der Waals surface area contributed by atoms with Crippen molar-refractivity contribution in [2.75, 3.05) is 25.6 Å². The second kappa shape index (κ2) is 8.07. The normalized spacial score (nSPS) is 13.4. The highest BCUT2D eigenvalue weighted by molar-refractivity contribution is 7.98. The monoisotopic (exact) mass is 338 g/mol. The first kappa shape index (κ1) is 18.3. The van der Waals surface area contributed by atoms with Crippen LogP contribution in [0.4, 0.5) is 8.78 Å². The quantitative estimate of drug-likeness (QED) is 0.761. The molecule has 1 aromatic rings. The van der Waals surface area contributed by atoms with E-state index in [1.54, 1.807) is 18.8 Å². The van der Waals surface area contributed by atoms with Gasteiger partial charge in [0.2, 0.25) is 10.0 Å². The predicted octanol–water partition coefficient (Wildman–Crippen LogP) is 1.96. The second-order valence-corrected chi connectivity index (χ2v) is 7.48. The van der Waals surface area contributed by atoms with Crippen LogP contribution in [-0.2, 0) is 16.6 Å². The van der Waals surface area contributed by atoms with Gasteiger partial charge in [-0.1, -0.05) is 6.92 Å². The molecule has 0 radical (unpaired) electrons. The van der Waals surface area contributed by atoms with Crippen molar-refractivity contribution in [3.63, 3.8) is 0 Å². The molecule has 0 aliphatic rings. The Balaban J connectivity index is 3.01. The molecule has 0 aliphatic carbocycles. The van der Waals surface area contributed by atoms with E-state index in [1.165, 1.54) is 0 Å². The average Bonchev–Trinajstić information content (AvgIpc) is 2.41. The van der Waals surface area contributed by atoms with Crippen molar-refractivity contribution >= 4 is 21.8 Å². The van der Waals surface area contributed by atoms with E-state index >= 15 is 0 Å². The maximum Gasteiger partial charge on any atom is 0.243 e. The molecule has 1 atom stereocenters. The molecule has 0 saturated heterocycles. The lowest BCUT2D eigenvalue weighted by Crippen LogP contribution is -2.30. The maximum absolute atomic E-state index is 13.8.